The van der Waals surface area contributed by atoms with E-state index in [4.69, 9.17) is 16.3 Å². The molecule has 68 valence electrons. The zero-order valence-corrected chi connectivity index (χ0v) is 7.88. The Labute approximate surface area is 77.2 Å². The molecule has 2 aliphatic rings. The molecule has 0 aromatic heterocycles. The molecule has 2 nitrogen and oxygen atoms in total. The van der Waals surface area contributed by atoms with Gasteiger partial charge in [0.2, 0.25) is 0 Å². The van der Waals surface area contributed by atoms with E-state index < -0.39 is 0 Å². The standard InChI is InChI=1S/C9H13ClO2/c1-5(11)12-9-6-2-3-7(9)8(10)4-6/h6-9H,2-4H2,1H3/t6-,7-,8-,9-/m0/s1. The largest absolute Gasteiger partial charge is 0.462 e. The minimum absolute atomic E-state index is 0.130. The summed E-state index contributed by atoms with van der Waals surface area (Å²) in [6, 6.07) is 0. The van der Waals surface area contributed by atoms with Gasteiger partial charge in [-0.25, -0.2) is 0 Å². The van der Waals surface area contributed by atoms with Crippen LogP contribution in [0, 0.1) is 11.8 Å². The van der Waals surface area contributed by atoms with Gasteiger partial charge in [0, 0.05) is 18.2 Å². The van der Waals surface area contributed by atoms with Gasteiger partial charge in [-0.2, -0.15) is 0 Å². The van der Waals surface area contributed by atoms with E-state index in [1.54, 1.807) is 0 Å². The minimum atomic E-state index is -0.164. The molecule has 0 amide bonds. The molecule has 0 aliphatic heterocycles. The van der Waals surface area contributed by atoms with Crippen molar-refractivity contribution in [3.63, 3.8) is 0 Å². The molecule has 2 fully saturated rings. The van der Waals surface area contributed by atoms with Crippen LogP contribution < -0.4 is 0 Å². The Morgan fingerprint density at radius 2 is 2.25 bits per heavy atom. The molecule has 0 unspecified atom stereocenters. The molecule has 12 heavy (non-hydrogen) atoms. The normalized spacial score (nSPS) is 44.8. The molecular formula is C9H13ClO2. The van der Waals surface area contributed by atoms with Crippen molar-refractivity contribution in [1.29, 1.82) is 0 Å². The second-order valence-corrected chi connectivity index (χ2v) is 4.39. The van der Waals surface area contributed by atoms with Crippen LogP contribution >= 0.6 is 11.6 Å². The quantitative estimate of drug-likeness (QED) is 0.465. The topological polar surface area (TPSA) is 26.3 Å². The van der Waals surface area contributed by atoms with Crippen LogP contribution in [-0.4, -0.2) is 17.5 Å². The first kappa shape index (κ1) is 8.36. The van der Waals surface area contributed by atoms with Gasteiger partial charge in [-0.05, 0) is 25.2 Å². The molecule has 0 heterocycles. The number of carbonyl (C=O) groups excluding carboxylic acids is 1. The molecule has 4 atom stereocenters. The first-order valence-electron chi connectivity index (χ1n) is 4.50. The van der Waals surface area contributed by atoms with Crippen LogP contribution in [-0.2, 0) is 9.53 Å². The summed E-state index contributed by atoms with van der Waals surface area (Å²) in [5, 5.41) is 0.244. The third-order valence-corrected chi connectivity index (χ3v) is 3.55. The fourth-order valence-corrected chi connectivity index (χ4v) is 3.06. The lowest BCUT2D eigenvalue weighted by atomic mass is 10.0. The number of ether oxygens (including phenoxy) is 1. The van der Waals surface area contributed by atoms with Crippen LogP contribution in [0.15, 0.2) is 0 Å². The molecule has 0 spiro atoms. The fourth-order valence-electron chi connectivity index (χ4n) is 2.56. The van der Waals surface area contributed by atoms with Gasteiger partial charge in [0.15, 0.2) is 0 Å². The highest BCUT2D eigenvalue weighted by molar-refractivity contribution is 6.21. The van der Waals surface area contributed by atoms with Gasteiger partial charge in [0.25, 0.3) is 0 Å². The van der Waals surface area contributed by atoms with Crippen LogP contribution in [0.25, 0.3) is 0 Å². The maximum absolute atomic E-state index is 10.8. The van der Waals surface area contributed by atoms with Gasteiger partial charge in [0.1, 0.15) is 6.10 Å². The number of alkyl halides is 1. The average Bonchev–Trinajstić information content (AvgIpc) is 2.44. The first-order valence-corrected chi connectivity index (χ1v) is 4.93. The van der Waals surface area contributed by atoms with Crippen LogP contribution in [0.5, 0.6) is 0 Å². The Morgan fingerprint density at radius 1 is 1.50 bits per heavy atom. The molecular weight excluding hydrogens is 176 g/mol. The summed E-state index contributed by atoms with van der Waals surface area (Å²) in [7, 11) is 0. The molecule has 2 aliphatic carbocycles. The van der Waals surface area contributed by atoms with E-state index in [2.05, 4.69) is 0 Å². The van der Waals surface area contributed by atoms with Gasteiger partial charge >= 0.3 is 5.97 Å². The zero-order chi connectivity index (χ0) is 8.72. The van der Waals surface area contributed by atoms with Gasteiger partial charge in [-0.1, -0.05) is 0 Å². The highest BCUT2D eigenvalue weighted by atomic mass is 35.5. The van der Waals surface area contributed by atoms with Crippen molar-refractivity contribution in [1.82, 2.24) is 0 Å². The second-order valence-electron chi connectivity index (χ2n) is 3.83. The highest BCUT2D eigenvalue weighted by Crippen LogP contribution is 2.48. The van der Waals surface area contributed by atoms with E-state index in [-0.39, 0.29) is 17.5 Å². The Balaban J connectivity index is 2.03. The molecule has 2 rings (SSSR count). The molecule has 0 aromatic carbocycles. The first-order chi connectivity index (χ1) is 5.68. The monoisotopic (exact) mass is 188 g/mol. The number of rotatable bonds is 1. The Bertz CT molecular complexity index is 205. The molecule has 2 saturated carbocycles. The van der Waals surface area contributed by atoms with Crippen LogP contribution in [0.1, 0.15) is 26.2 Å². The fraction of sp³-hybridized carbons (Fsp3) is 0.889. The van der Waals surface area contributed by atoms with Crippen molar-refractivity contribution in [2.45, 2.75) is 37.7 Å². The maximum atomic E-state index is 10.8. The predicted molar refractivity (Wildman–Crippen MR) is 46.0 cm³/mol. The van der Waals surface area contributed by atoms with Crippen molar-refractivity contribution in [2.24, 2.45) is 11.8 Å². The van der Waals surface area contributed by atoms with Crippen LogP contribution in [0.2, 0.25) is 0 Å². The van der Waals surface area contributed by atoms with E-state index in [1.807, 2.05) is 0 Å². The smallest absolute Gasteiger partial charge is 0.302 e. The van der Waals surface area contributed by atoms with Crippen molar-refractivity contribution in [2.75, 3.05) is 0 Å². The van der Waals surface area contributed by atoms with Crippen molar-refractivity contribution < 1.29 is 9.53 Å². The van der Waals surface area contributed by atoms with Crippen molar-refractivity contribution in [3.05, 3.63) is 0 Å². The average molecular weight is 189 g/mol. The van der Waals surface area contributed by atoms with Gasteiger partial charge < -0.3 is 4.74 Å². The molecule has 2 bridgehead atoms. The number of halogens is 1. The summed E-state index contributed by atoms with van der Waals surface area (Å²) in [6.45, 7) is 1.47. The van der Waals surface area contributed by atoms with E-state index in [9.17, 15) is 4.79 Å². The van der Waals surface area contributed by atoms with E-state index in [0.717, 1.165) is 12.8 Å². The summed E-state index contributed by atoms with van der Waals surface area (Å²) < 4.78 is 5.25. The lowest BCUT2D eigenvalue weighted by Crippen LogP contribution is -2.22. The summed E-state index contributed by atoms with van der Waals surface area (Å²) >= 11 is 6.10. The molecule has 3 heteroatoms. The van der Waals surface area contributed by atoms with Crippen LogP contribution in [0.4, 0.5) is 0 Å². The van der Waals surface area contributed by atoms with Gasteiger partial charge in [0.05, 0.1) is 0 Å². The summed E-state index contributed by atoms with van der Waals surface area (Å²) in [5.41, 5.74) is 0. The van der Waals surface area contributed by atoms with E-state index in [1.165, 1.54) is 13.3 Å². The number of esters is 1. The Hall–Kier alpha value is -0.240. The summed E-state index contributed by atoms with van der Waals surface area (Å²) in [5.74, 6) is 0.810. The number of hydrogen-bond donors (Lipinski definition) is 0. The SMILES string of the molecule is CC(=O)O[C@H]1[C@H]2CC[C@H]1[C@@H](Cl)C2. The van der Waals surface area contributed by atoms with Crippen molar-refractivity contribution in [3.8, 4) is 0 Å². The predicted octanol–water partition coefficient (Wildman–Crippen LogP) is 1.96. The van der Waals surface area contributed by atoms with E-state index in [0.29, 0.717) is 11.8 Å². The van der Waals surface area contributed by atoms with Gasteiger partial charge in [-0.3, -0.25) is 4.79 Å². The second kappa shape index (κ2) is 2.91. The molecule has 0 radical (unpaired) electrons. The summed E-state index contributed by atoms with van der Waals surface area (Å²) in [4.78, 5) is 10.8. The zero-order valence-electron chi connectivity index (χ0n) is 7.13. The minimum Gasteiger partial charge on any atom is -0.462 e. The third kappa shape index (κ3) is 1.22. The summed E-state index contributed by atoms with van der Waals surface area (Å²) in [6.07, 6.45) is 3.48. The Kier molecular flexibility index (Phi) is 2.03. The number of carbonyl (C=O) groups is 1. The number of fused-ring (bicyclic) bond motifs is 2. The number of hydrogen-bond acceptors (Lipinski definition) is 2. The third-order valence-electron chi connectivity index (χ3n) is 3.05. The van der Waals surface area contributed by atoms with E-state index >= 15 is 0 Å². The van der Waals surface area contributed by atoms with Crippen LogP contribution in [0.3, 0.4) is 0 Å². The lowest BCUT2D eigenvalue weighted by Gasteiger charge is -2.16. The Morgan fingerprint density at radius 3 is 2.67 bits per heavy atom. The van der Waals surface area contributed by atoms with Crippen molar-refractivity contribution >= 4 is 17.6 Å². The van der Waals surface area contributed by atoms with Gasteiger partial charge in [-0.15, -0.1) is 11.6 Å². The molecule has 0 saturated heterocycles. The molecule has 0 N–H and O–H groups in total. The maximum Gasteiger partial charge on any atom is 0.302 e. The lowest BCUT2D eigenvalue weighted by molar-refractivity contribution is -0.148. The highest BCUT2D eigenvalue weighted by Gasteiger charge is 2.49. The molecule has 0 aromatic rings.